The van der Waals surface area contributed by atoms with Gasteiger partial charge in [-0.2, -0.15) is 0 Å². The van der Waals surface area contributed by atoms with Crippen molar-refractivity contribution in [3.8, 4) is 0 Å². The van der Waals surface area contributed by atoms with E-state index in [0.717, 1.165) is 0 Å². The van der Waals surface area contributed by atoms with Crippen molar-refractivity contribution in [3.05, 3.63) is 0 Å². The molecule has 0 bridgehead atoms. The Balaban J connectivity index is 4.70. The van der Waals surface area contributed by atoms with Crippen molar-refractivity contribution in [1.82, 2.24) is 16.0 Å². The SMILES string of the molecule is CC(C)CC(NC(=O)CNC(=O)[C@H](CC(C)C)NC(=O)C(C)N)C(=O)O. The fourth-order valence-electron chi connectivity index (χ4n) is 2.23. The second kappa shape index (κ2) is 11.5. The summed E-state index contributed by atoms with van der Waals surface area (Å²) < 4.78 is 0. The fourth-order valence-corrected chi connectivity index (χ4v) is 2.23. The Morgan fingerprint density at radius 2 is 1.35 bits per heavy atom. The van der Waals surface area contributed by atoms with Gasteiger partial charge in [-0.25, -0.2) is 4.79 Å². The molecule has 0 saturated heterocycles. The molecule has 0 aromatic heterocycles. The quantitative estimate of drug-likeness (QED) is 0.333. The van der Waals surface area contributed by atoms with Crippen LogP contribution in [0.15, 0.2) is 0 Å². The Morgan fingerprint density at radius 3 is 1.77 bits per heavy atom. The molecule has 0 spiro atoms. The van der Waals surface area contributed by atoms with Crippen LogP contribution in [0, 0.1) is 11.8 Å². The van der Waals surface area contributed by atoms with Crippen molar-refractivity contribution in [2.24, 2.45) is 17.6 Å². The average molecular weight is 372 g/mol. The van der Waals surface area contributed by atoms with Crippen LogP contribution in [-0.2, 0) is 19.2 Å². The van der Waals surface area contributed by atoms with E-state index in [0.29, 0.717) is 6.42 Å². The van der Waals surface area contributed by atoms with E-state index in [-0.39, 0.29) is 24.8 Å². The van der Waals surface area contributed by atoms with Crippen LogP contribution in [0.2, 0.25) is 0 Å². The largest absolute Gasteiger partial charge is 0.480 e. The predicted molar refractivity (Wildman–Crippen MR) is 97.1 cm³/mol. The molecule has 0 aliphatic rings. The van der Waals surface area contributed by atoms with Gasteiger partial charge < -0.3 is 26.8 Å². The molecule has 3 amide bonds. The van der Waals surface area contributed by atoms with E-state index in [1.54, 1.807) is 0 Å². The molecule has 0 aromatic rings. The highest BCUT2D eigenvalue weighted by molar-refractivity contribution is 5.92. The van der Waals surface area contributed by atoms with E-state index in [1.807, 2.05) is 27.7 Å². The van der Waals surface area contributed by atoms with Gasteiger partial charge in [-0.3, -0.25) is 14.4 Å². The molecule has 0 fully saturated rings. The number of carboxylic acid groups (broad SMARTS) is 1. The van der Waals surface area contributed by atoms with E-state index in [4.69, 9.17) is 10.8 Å². The maximum Gasteiger partial charge on any atom is 0.326 e. The summed E-state index contributed by atoms with van der Waals surface area (Å²) in [6.07, 6.45) is 0.673. The Hall–Kier alpha value is -2.16. The van der Waals surface area contributed by atoms with E-state index in [9.17, 15) is 19.2 Å². The number of carbonyl (C=O) groups excluding carboxylic acids is 3. The summed E-state index contributed by atoms with van der Waals surface area (Å²) in [4.78, 5) is 47.1. The highest BCUT2D eigenvalue weighted by Gasteiger charge is 2.25. The third kappa shape index (κ3) is 9.97. The maximum atomic E-state index is 12.3. The zero-order valence-corrected chi connectivity index (χ0v) is 16.2. The summed E-state index contributed by atoms with van der Waals surface area (Å²) in [7, 11) is 0. The van der Waals surface area contributed by atoms with Gasteiger partial charge in [0, 0.05) is 0 Å². The first kappa shape index (κ1) is 23.8. The number of hydrogen-bond acceptors (Lipinski definition) is 5. The molecular formula is C17H32N4O5. The van der Waals surface area contributed by atoms with Gasteiger partial charge in [-0.1, -0.05) is 27.7 Å². The van der Waals surface area contributed by atoms with Crippen molar-refractivity contribution in [2.45, 2.75) is 65.6 Å². The van der Waals surface area contributed by atoms with Gasteiger partial charge in [0.05, 0.1) is 12.6 Å². The second-order valence-electron chi connectivity index (χ2n) is 7.29. The molecule has 26 heavy (non-hydrogen) atoms. The lowest BCUT2D eigenvalue weighted by molar-refractivity contribution is -0.142. The summed E-state index contributed by atoms with van der Waals surface area (Å²) >= 11 is 0. The van der Waals surface area contributed by atoms with Crippen LogP contribution in [0.3, 0.4) is 0 Å². The number of carbonyl (C=O) groups is 4. The highest BCUT2D eigenvalue weighted by atomic mass is 16.4. The fraction of sp³-hybridized carbons (Fsp3) is 0.765. The third-order valence-corrected chi connectivity index (χ3v) is 3.52. The monoisotopic (exact) mass is 372 g/mol. The lowest BCUT2D eigenvalue weighted by Gasteiger charge is -2.21. The smallest absolute Gasteiger partial charge is 0.326 e. The minimum atomic E-state index is -1.12. The molecule has 9 nitrogen and oxygen atoms in total. The number of rotatable bonds is 11. The van der Waals surface area contributed by atoms with Crippen LogP contribution in [0.25, 0.3) is 0 Å². The first-order valence-corrected chi connectivity index (χ1v) is 8.79. The van der Waals surface area contributed by atoms with Crippen LogP contribution in [0.5, 0.6) is 0 Å². The topological polar surface area (TPSA) is 151 Å². The van der Waals surface area contributed by atoms with Crippen molar-refractivity contribution in [2.75, 3.05) is 6.54 Å². The van der Waals surface area contributed by atoms with Gasteiger partial charge in [-0.05, 0) is 31.6 Å². The summed E-state index contributed by atoms with van der Waals surface area (Å²) in [6, 6.07) is -2.58. The second-order valence-corrected chi connectivity index (χ2v) is 7.29. The Labute approximate surface area is 154 Å². The molecular weight excluding hydrogens is 340 g/mol. The summed E-state index contributed by atoms with van der Waals surface area (Å²) in [5.41, 5.74) is 5.50. The molecule has 0 heterocycles. The average Bonchev–Trinajstić information content (AvgIpc) is 2.50. The molecule has 9 heteroatoms. The van der Waals surface area contributed by atoms with Gasteiger partial charge in [0.1, 0.15) is 12.1 Å². The van der Waals surface area contributed by atoms with Gasteiger partial charge in [0.15, 0.2) is 0 Å². The molecule has 0 aliphatic heterocycles. The number of amides is 3. The van der Waals surface area contributed by atoms with Crippen molar-refractivity contribution in [3.63, 3.8) is 0 Å². The summed E-state index contributed by atoms with van der Waals surface area (Å²) in [5, 5.41) is 16.5. The van der Waals surface area contributed by atoms with Crippen molar-refractivity contribution < 1.29 is 24.3 Å². The Bertz CT molecular complexity index is 505. The number of nitrogens with two attached hydrogens (primary N) is 1. The van der Waals surface area contributed by atoms with Crippen molar-refractivity contribution in [1.29, 1.82) is 0 Å². The molecule has 0 aliphatic carbocycles. The number of carboxylic acids is 1. The number of nitrogens with one attached hydrogen (secondary N) is 3. The van der Waals surface area contributed by atoms with Crippen LogP contribution in [-0.4, -0.2) is 53.5 Å². The Morgan fingerprint density at radius 1 is 0.846 bits per heavy atom. The van der Waals surface area contributed by atoms with E-state index < -0.39 is 41.8 Å². The van der Waals surface area contributed by atoms with E-state index in [2.05, 4.69) is 16.0 Å². The minimum Gasteiger partial charge on any atom is -0.480 e. The van der Waals surface area contributed by atoms with Gasteiger partial charge >= 0.3 is 5.97 Å². The summed E-state index contributed by atoms with van der Waals surface area (Å²) in [6.45, 7) is 8.63. The first-order chi connectivity index (χ1) is 11.9. The zero-order valence-electron chi connectivity index (χ0n) is 16.2. The Kier molecular flexibility index (Phi) is 10.5. The number of hydrogen-bond donors (Lipinski definition) is 5. The number of aliphatic carboxylic acids is 1. The van der Waals surface area contributed by atoms with Crippen LogP contribution < -0.4 is 21.7 Å². The van der Waals surface area contributed by atoms with Gasteiger partial charge in [0.2, 0.25) is 17.7 Å². The zero-order chi connectivity index (χ0) is 20.4. The molecule has 2 unspecified atom stereocenters. The molecule has 150 valence electrons. The molecule has 0 aromatic carbocycles. The molecule has 0 radical (unpaired) electrons. The van der Waals surface area contributed by atoms with Crippen molar-refractivity contribution >= 4 is 23.7 Å². The van der Waals surface area contributed by atoms with E-state index in [1.165, 1.54) is 6.92 Å². The highest BCUT2D eigenvalue weighted by Crippen LogP contribution is 2.06. The standard InChI is InChI=1S/C17H32N4O5/c1-9(2)6-12(21-15(23)11(5)18)16(24)19-8-14(22)20-13(17(25)26)7-10(3)4/h9-13H,6-8,18H2,1-5H3,(H,19,24)(H,20,22)(H,21,23)(H,25,26)/t11?,12-,13?/m0/s1. The minimum absolute atomic E-state index is 0.0925. The lowest BCUT2D eigenvalue weighted by atomic mass is 10.0. The van der Waals surface area contributed by atoms with Crippen LogP contribution >= 0.6 is 0 Å². The van der Waals surface area contributed by atoms with Crippen LogP contribution in [0.4, 0.5) is 0 Å². The maximum absolute atomic E-state index is 12.3. The molecule has 6 N–H and O–H groups in total. The lowest BCUT2D eigenvalue weighted by Crippen LogP contribution is -2.53. The van der Waals surface area contributed by atoms with Gasteiger partial charge in [0.25, 0.3) is 0 Å². The van der Waals surface area contributed by atoms with E-state index >= 15 is 0 Å². The summed E-state index contributed by atoms with van der Waals surface area (Å²) in [5.74, 6) is -2.48. The third-order valence-electron chi connectivity index (χ3n) is 3.52. The normalized spacial score (nSPS) is 14.5. The first-order valence-electron chi connectivity index (χ1n) is 8.79. The molecule has 0 rings (SSSR count). The molecule has 3 atom stereocenters. The van der Waals surface area contributed by atoms with Gasteiger partial charge in [-0.15, -0.1) is 0 Å². The van der Waals surface area contributed by atoms with Crippen LogP contribution in [0.1, 0.15) is 47.5 Å². The predicted octanol–water partition coefficient (Wildman–Crippen LogP) is -0.404. The molecule has 0 saturated carbocycles.